The van der Waals surface area contributed by atoms with E-state index >= 15 is 0 Å². The fourth-order valence-corrected chi connectivity index (χ4v) is 2.31. The zero-order valence-electron chi connectivity index (χ0n) is 13.1. The van der Waals surface area contributed by atoms with Crippen molar-refractivity contribution in [2.75, 3.05) is 6.54 Å². The third-order valence-corrected chi connectivity index (χ3v) is 3.73. The van der Waals surface area contributed by atoms with E-state index in [-0.39, 0.29) is 23.5 Å². The van der Waals surface area contributed by atoms with E-state index in [2.05, 4.69) is 15.6 Å². The molecular formula is C17H17FN4O2. The summed E-state index contributed by atoms with van der Waals surface area (Å²) in [6, 6.07) is 9.67. The number of hydrogen-bond donors (Lipinski definition) is 1. The summed E-state index contributed by atoms with van der Waals surface area (Å²) in [6.07, 6.45) is 3.79. The fourth-order valence-electron chi connectivity index (χ4n) is 2.31. The molecule has 1 atom stereocenters. The highest BCUT2D eigenvalue weighted by Gasteiger charge is 2.14. The Hall–Kier alpha value is -2.96. The van der Waals surface area contributed by atoms with Gasteiger partial charge in [0.05, 0.1) is 18.5 Å². The Kier molecular flexibility index (Phi) is 4.69. The number of aromatic nitrogens is 3. The summed E-state index contributed by atoms with van der Waals surface area (Å²) in [7, 11) is 0. The van der Waals surface area contributed by atoms with Gasteiger partial charge < -0.3 is 9.73 Å². The minimum absolute atomic E-state index is 0.150. The average molecular weight is 328 g/mol. The third kappa shape index (κ3) is 3.68. The molecule has 2 aromatic heterocycles. The maximum Gasteiger partial charge on any atom is 0.273 e. The predicted octanol–water partition coefficient (Wildman–Crippen LogP) is 2.59. The van der Waals surface area contributed by atoms with Crippen LogP contribution in [0.25, 0.3) is 0 Å². The molecule has 7 heteroatoms. The summed E-state index contributed by atoms with van der Waals surface area (Å²) in [5.74, 6) is 0.226. The highest BCUT2D eigenvalue weighted by molar-refractivity contribution is 5.91. The molecule has 0 radical (unpaired) electrons. The Morgan fingerprint density at radius 3 is 2.83 bits per heavy atom. The number of nitrogens with one attached hydrogen (secondary N) is 1. The Bertz CT molecular complexity index is 796. The number of carbonyl (C=O) groups is 1. The van der Waals surface area contributed by atoms with Crippen LogP contribution >= 0.6 is 0 Å². The van der Waals surface area contributed by atoms with E-state index in [1.807, 2.05) is 13.0 Å². The molecule has 124 valence electrons. The first kappa shape index (κ1) is 15.9. The molecule has 1 aromatic carbocycles. The highest BCUT2D eigenvalue weighted by Crippen LogP contribution is 2.17. The summed E-state index contributed by atoms with van der Waals surface area (Å²) in [5, 5.41) is 10.7. The number of furan rings is 1. The summed E-state index contributed by atoms with van der Waals surface area (Å²) >= 11 is 0. The molecular weight excluding hydrogens is 311 g/mol. The number of hydrogen-bond acceptors (Lipinski definition) is 4. The lowest BCUT2D eigenvalue weighted by Crippen LogP contribution is -2.26. The standard InChI is InChI=1S/C17H17FN4O2/c1-12(13-4-6-14(18)7-5-13)22-11-16(20-21-22)17(23)19-9-8-15-3-2-10-24-15/h2-7,10-12H,8-9H2,1H3,(H,19,23). The second kappa shape index (κ2) is 7.08. The van der Waals surface area contributed by atoms with E-state index in [0.717, 1.165) is 11.3 Å². The Morgan fingerprint density at radius 2 is 2.12 bits per heavy atom. The molecule has 1 N–H and O–H groups in total. The molecule has 0 fully saturated rings. The lowest BCUT2D eigenvalue weighted by Gasteiger charge is -2.11. The zero-order chi connectivity index (χ0) is 16.9. The quantitative estimate of drug-likeness (QED) is 0.755. The van der Waals surface area contributed by atoms with E-state index in [0.29, 0.717) is 13.0 Å². The smallest absolute Gasteiger partial charge is 0.273 e. The van der Waals surface area contributed by atoms with Crippen molar-refractivity contribution in [2.45, 2.75) is 19.4 Å². The molecule has 0 saturated heterocycles. The molecule has 3 rings (SSSR count). The van der Waals surface area contributed by atoms with Crippen LogP contribution in [-0.2, 0) is 6.42 Å². The highest BCUT2D eigenvalue weighted by atomic mass is 19.1. The van der Waals surface area contributed by atoms with Crippen molar-refractivity contribution in [1.29, 1.82) is 0 Å². The van der Waals surface area contributed by atoms with Crippen LogP contribution in [0, 0.1) is 5.82 Å². The van der Waals surface area contributed by atoms with Gasteiger partial charge in [-0.05, 0) is 36.8 Å². The first-order chi connectivity index (χ1) is 11.6. The molecule has 3 aromatic rings. The van der Waals surface area contributed by atoms with E-state index in [1.165, 1.54) is 12.1 Å². The van der Waals surface area contributed by atoms with Gasteiger partial charge in [-0.3, -0.25) is 4.79 Å². The molecule has 0 aliphatic carbocycles. The van der Waals surface area contributed by atoms with Gasteiger partial charge in [0.25, 0.3) is 5.91 Å². The van der Waals surface area contributed by atoms with Gasteiger partial charge in [0, 0.05) is 13.0 Å². The van der Waals surface area contributed by atoms with Crippen molar-refractivity contribution in [3.8, 4) is 0 Å². The number of halogens is 1. The van der Waals surface area contributed by atoms with Crippen LogP contribution < -0.4 is 5.32 Å². The molecule has 0 spiro atoms. The van der Waals surface area contributed by atoms with Crippen LogP contribution in [0.15, 0.2) is 53.3 Å². The van der Waals surface area contributed by atoms with Crippen LogP contribution in [0.4, 0.5) is 4.39 Å². The minimum Gasteiger partial charge on any atom is -0.469 e. The number of nitrogens with zero attached hydrogens (tertiary/aromatic N) is 3. The van der Waals surface area contributed by atoms with Gasteiger partial charge in [-0.2, -0.15) is 0 Å². The predicted molar refractivity (Wildman–Crippen MR) is 85.0 cm³/mol. The van der Waals surface area contributed by atoms with Crippen molar-refractivity contribution in [1.82, 2.24) is 20.3 Å². The van der Waals surface area contributed by atoms with Crippen molar-refractivity contribution in [2.24, 2.45) is 0 Å². The Balaban J connectivity index is 1.59. The summed E-state index contributed by atoms with van der Waals surface area (Å²) in [4.78, 5) is 12.1. The van der Waals surface area contributed by atoms with Crippen molar-refractivity contribution < 1.29 is 13.6 Å². The maximum absolute atomic E-state index is 13.0. The van der Waals surface area contributed by atoms with Gasteiger partial charge in [-0.1, -0.05) is 17.3 Å². The van der Waals surface area contributed by atoms with Gasteiger partial charge in [0.1, 0.15) is 11.6 Å². The van der Waals surface area contributed by atoms with Gasteiger partial charge in [0.2, 0.25) is 0 Å². The minimum atomic E-state index is -0.292. The van der Waals surface area contributed by atoms with E-state index in [9.17, 15) is 9.18 Å². The van der Waals surface area contributed by atoms with Crippen LogP contribution in [0.5, 0.6) is 0 Å². The first-order valence-electron chi connectivity index (χ1n) is 7.61. The van der Waals surface area contributed by atoms with Crippen LogP contribution in [0.3, 0.4) is 0 Å². The molecule has 0 bridgehead atoms. The zero-order valence-corrected chi connectivity index (χ0v) is 13.1. The number of carbonyl (C=O) groups excluding carboxylic acids is 1. The number of rotatable bonds is 6. The lowest BCUT2D eigenvalue weighted by molar-refractivity contribution is 0.0948. The fraction of sp³-hybridized carbons (Fsp3) is 0.235. The van der Waals surface area contributed by atoms with Gasteiger partial charge >= 0.3 is 0 Å². The lowest BCUT2D eigenvalue weighted by atomic mass is 10.1. The van der Waals surface area contributed by atoms with Gasteiger partial charge in [-0.15, -0.1) is 5.10 Å². The second-order valence-corrected chi connectivity index (χ2v) is 5.40. The van der Waals surface area contributed by atoms with Crippen LogP contribution in [0.1, 0.15) is 34.8 Å². The first-order valence-corrected chi connectivity index (χ1v) is 7.61. The number of benzene rings is 1. The molecule has 1 amide bonds. The van der Waals surface area contributed by atoms with Gasteiger partial charge in [-0.25, -0.2) is 9.07 Å². The molecule has 1 unspecified atom stereocenters. The van der Waals surface area contributed by atoms with Crippen LogP contribution in [-0.4, -0.2) is 27.4 Å². The average Bonchev–Trinajstić information content (AvgIpc) is 3.26. The van der Waals surface area contributed by atoms with Crippen LogP contribution in [0.2, 0.25) is 0 Å². The summed E-state index contributed by atoms with van der Waals surface area (Å²) in [5.41, 5.74) is 1.12. The monoisotopic (exact) mass is 328 g/mol. The van der Waals surface area contributed by atoms with Crippen molar-refractivity contribution in [3.05, 3.63) is 71.7 Å². The van der Waals surface area contributed by atoms with E-state index in [4.69, 9.17) is 4.42 Å². The number of amides is 1. The molecule has 24 heavy (non-hydrogen) atoms. The Labute approximate surface area is 138 Å². The van der Waals surface area contributed by atoms with E-state index < -0.39 is 0 Å². The third-order valence-electron chi connectivity index (χ3n) is 3.73. The second-order valence-electron chi connectivity index (χ2n) is 5.40. The summed E-state index contributed by atoms with van der Waals surface area (Å²) < 4.78 is 19.8. The summed E-state index contributed by atoms with van der Waals surface area (Å²) in [6.45, 7) is 2.35. The van der Waals surface area contributed by atoms with Crippen molar-refractivity contribution in [3.63, 3.8) is 0 Å². The van der Waals surface area contributed by atoms with Crippen molar-refractivity contribution >= 4 is 5.91 Å². The largest absolute Gasteiger partial charge is 0.469 e. The molecule has 0 saturated carbocycles. The molecule has 0 aliphatic heterocycles. The van der Waals surface area contributed by atoms with E-state index in [1.54, 1.807) is 35.3 Å². The molecule has 2 heterocycles. The Morgan fingerprint density at radius 1 is 1.33 bits per heavy atom. The SMILES string of the molecule is CC(c1ccc(F)cc1)n1cc(C(=O)NCCc2ccco2)nn1. The van der Waals surface area contributed by atoms with Gasteiger partial charge in [0.15, 0.2) is 5.69 Å². The maximum atomic E-state index is 13.0. The normalized spacial score (nSPS) is 12.1. The molecule has 0 aliphatic rings. The molecule has 6 nitrogen and oxygen atoms in total. The topological polar surface area (TPSA) is 73.0 Å².